The topological polar surface area (TPSA) is 510 Å². The molecule has 0 radical (unpaired) electrons. The molecule has 1 rings (SSSR count). The summed E-state index contributed by atoms with van der Waals surface area (Å²) in [6.07, 6.45) is 0.589. The number of carbonyl (C=O) groups is 1. The van der Waals surface area contributed by atoms with Gasteiger partial charge in [0.25, 0.3) is 73.1 Å². The highest BCUT2D eigenvalue weighted by atomic mass is 30.4. The van der Waals surface area contributed by atoms with Gasteiger partial charge in [0.05, 0.1) is 12.0 Å². The van der Waals surface area contributed by atoms with E-state index in [0.29, 0.717) is 11.6 Å². The van der Waals surface area contributed by atoms with E-state index in [1.165, 1.54) is 32.7 Å². The smallest absolute Gasteiger partial charge is 0.339 e. The van der Waals surface area contributed by atoms with Gasteiger partial charge in [0.1, 0.15) is 0 Å². The van der Waals surface area contributed by atoms with Crippen molar-refractivity contribution in [3.8, 4) is 0 Å². The van der Waals surface area contributed by atoms with Crippen molar-refractivity contribution in [2.75, 3.05) is 6.61 Å². The van der Waals surface area contributed by atoms with Crippen molar-refractivity contribution in [3.05, 3.63) is 30.3 Å². The summed E-state index contributed by atoms with van der Waals surface area (Å²) < 4.78 is 101. The third-order valence-corrected chi connectivity index (χ3v) is 314. The van der Waals surface area contributed by atoms with Gasteiger partial charge in [-0.15, -0.1) is 0 Å². The minimum absolute atomic E-state index is 0.0532. The molecule has 0 bridgehead atoms. The Hall–Kier alpha value is 4.39. The van der Waals surface area contributed by atoms with E-state index in [0.717, 1.165) is 0 Å². The molecule has 0 fully saturated rings. The van der Waals surface area contributed by atoms with Gasteiger partial charge < -0.3 is 145 Å². The Morgan fingerprint density at radius 2 is 0.890 bits per heavy atom. The molecule has 18 N–H and O–H groups in total. The van der Waals surface area contributed by atoms with E-state index in [9.17, 15) is 91.1 Å². The maximum Gasteiger partial charge on any atom is 0.339 e. The fourth-order valence-electron chi connectivity index (χ4n) is 11.1. The molecule has 538 valence electrons. The highest BCUT2D eigenvalue weighted by molar-refractivity contribution is 8.20. The first-order chi connectivity index (χ1) is 42.2. The molecule has 0 saturated heterocycles. The van der Waals surface area contributed by atoms with Crippen LogP contribution in [0, 0.1) is 5.41 Å². The van der Waals surface area contributed by atoms with E-state index >= 15 is 0 Å². The molecule has 0 spiro atoms. The fourth-order valence-corrected chi connectivity index (χ4v) is 536. The summed E-state index contributed by atoms with van der Waals surface area (Å²) in [5, 5.41) is 0.594. The van der Waals surface area contributed by atoms with E-state index in [1.807, 2.05) is 26.6 Å². The van der Waals surface area contributed by atoms with Gasteiger partial charge in [0, 0.05) is 0 Å². The van der Waals surface area contributed by atoms with Crippen LogP contribution in [0.1, 0.15) is 33.6 Å². The van der Waals surface area contributed by atoms with Crippen LogP contribution in [0.15, 0.2) is 30.3 Å². The number of hydrogen-bond acceptors (Lipinski definition) is 33. The number of hydrogen-bond donors (Lipinski definition) is 18. The van der Waals surface area contributed by atoms with E-state index in [2.05, 4.69) is 0 Å². The van der Waals surface area contributed by atoms with Gasteiger partial charge >= 0.3 is 53.5 Å². The van der Waals surface area contributed by atoms with Crippen LogP contribution in [-0.4, -0.2) is 376 Å². The average molecular weight is 1850 g/mol. The Morgan fingerprint density at radius 3 is 1.26 bits per heavy atom. The Balaban J connectivity index is 6.35. The molecule has 0 amide bonds. The molecule has 0 heterocycles. The van der Waals surface area contributed by atoms with Crippen molar-refractivity contribution in [3.63, 3.8) is 0 Å². The highest BCUT2D eigenvalue weighted by Gasteiger charge is 2.97. The summed E-state index contributed by atoms with van der Waals surface area (Å²) in [6.45, 7) is -6.45. The monoisotopic (exact) mass is 1840 g/mol. The van der Waals surface area contributed by atoms with Crippen molar-refractivity contribution in [1.29, 1.82) is 0 Å². The average Bonchev–Trinajstić information content (AvgIpc) is 0.647. The molecule has 0 saturated carbocycles. The molecule has 65 heteroatoms. The molecule has 5 atom stereocenters. The Morgan fingerprint density at radius 1 is 0.484 bits per heavy atom. The van der Waals surface area contributed by atoms with Crippen LogP contribution in [0.25, 0.3) is 0 Å². The van der Waals surface area contributed by atoms with Gasteiger partial charge in [-0.2, -0.15) is 0 Å². The molecule has 33 nitrogen and oxygen atoms in total. The van der Waals surface area contributed by atoms with Crippen LogP contribution in [0.2, 0.25) is 78.1 Å². The molecule has 91 heavy (non-hydrogen) atoms. The fraction of sp³-hybridized carbons (Fsp3) is 0.731. The first-order valence-electron chi connectivity index (χ1n) is 29.2. The molecule has 0 aliphatic rings. The Kier molecular flexibility index (Phi) is 41.1. The second-order valence-corrected chi connectivity index (χ2v) is 197. The molecule has 0 aromatic heterocycles. The number of rotatable bonds is 51. The van der Waals surface area contributed by atoms with Crippen LogP contribution < -0.4 is 5.19 Å². The highest BCUT2D eigenvalue weighted by Crippen LogP contribution is 2.52. The summed E-state index contributed by atoms with van der Waals surface area (Å²) in [5.41, 5.74) is -0.846. The zero-order valence-corrected chi connectivity index (χ0v) is 94.2. The van der Waals surface area contributed by atoms with E-state index in [1.54, 1.807) is 63.8 Å². The lowest BCUT2D eigenvalue weighted by Gasteiger charge is -2.69. The summed E-state index contributed by atoms with van der Waals surface area (Å²) in [6, 6.07) is 8.75. The normalized spacial score (nSPS) is 22.5. The van der Waals surface area contributed by atoms with Crippen molar-refractivity contribution in [1.82, 2.24) is 0 Å². The van der Waals surface area contributed by atoms with Crippen LogP contribution in [0.5, 0.6) is 0 Å². The molecule has 1 aromatic rings. The van der Waals surface area contributed by atoms with Gasteiger partial charge in [0.2, 0.25) is 84.6 Å². The second kappa shape index (κ2) is 40.0. The van der Waals surface area contributed by atoms with E-state index in [-0.39, 0.29) is 19.1 Å². The number of ether oxygens (including phenoxy) is 1. The lowest BCUT2D eigenvalue weighted by Crippen LogP contribution is -3.12. The maximum absolute atomic E-state index is 13.4. The van der Waals surface area contributed by atoms with Crippen LogP contribution in [0.4, 0.5) is 0 Å². The van der Waals surface area contributed by atoms with Crippen molar-refractivity contribution in [2.24, 2.45) is 5.41 Å². The lowest BCUT2D eigenvalue weighted by atomic mass is 9.91. The number of carbonyl (C=O) groups excluding carboxylic acids is 1. The van der Waals surface area contributed by atoms with Crippen molar-refractivity contribution in [2.45, 2.75) is 112 Å². The molecule has 0 aliphatic carbocycles. The minimum Gasteiger partial charge on any atom is -0.465 e. The quantitative estimate of drug-likeness (QED) is 0.0164. The van der Waals surface area contributed by atoms with Gasteiger partial charge in [-0.05, 0) is 110 Å². The van der Waals surface area contributed by atoms with Crippen molar-refractivity contribution >= 4 is 288 Å². The lowest BCUT2D eigenvalue weighted by molar-refractivity contribution is -0.154. The summed E-state index contributed by atoms with van der Waals surface area (Å²) in [7, 11) is -101. The van der Waals surface area contributed by atoms with E-state index < -0.39 is 288 Å². The molecular weight excluding hydrogens is 1740 g/mol. The zero-order valence-electron chi connectivity index (χ0n) is 55.0. The molecule has 1 aromatic carbocycles. The summed E-state index contributed by atoms with van der Waals surface area (Å²) >= 11 is 0. The van der Waals surface area contributed by atoms with E-state index in [4.69, 9.17) is 58.2 Å². The predicted octanol–water partition coefficient (Wildman–Crippen LogP) is -22.9. The van der Waals surface area contributed by atoms with Gasteiger partial charge in [-0.3, -0.25) is 4.79 Å². The minimum atomic E-state index is -6.80. The van der Waals surface area contributed by atoms with Crippen molar-refractivity contribution < 1.29 is 149 Å². The molecule has 0 aliphatic heterocycles. The number of esters is 1. The Bertz CT molecular complexity index is 2260. The Labute approximate surface area is 585 Å². The zero-order chi connectivity index (χ0) is 70.5. The predicted molar refractivity (Wildman–Crippen MR) is 422 cm³/mol. The van der Waals surface area contributed by atoms with Crippen LogP contribution in [-0.2, 0) is 63.0 Å². The summed E-state index contributed by atoms with van der Waals surface area (Å²) in [5.74, 6) is -0.475. The standard InChI is InChI=1S/C26H108O33Si32/c1-15-26(2,3)25(27)46-22-19-23-82(14,54-78(5,6)7)52-77(4)53-86(57-83(65-33,66-34)48-61-29,91(88(73-41,74-42)51-64-32,58-84(67-35,68-36)49-62-30)89(75-43,76-44)56-80(10,11)45)90(81(12,13)47-60-28,87(71-39,72-40)50-63-31)59-85(69-37,70-38)55-79(8,9)24-20-17-16-18-21-24/h16-18,20-21,28-45,77H,15,19,22-23,60-76H2,1-14H3. The van der Waals surface area contributed by atoms with Gasteiger partial charge in [-0.25, -0.2) is 0 Å². The van der Waals surface area contributed by atoms with Gasteiger partial charge in [0.15, 0.2) is 71.8 Å². The van der Waals surface area contributed by atoms with Crippen LogP contribution in [0.3, 0.4) is 0 Å². The summed E-state index contributed by atoms with van der Waals surface area (Å²) in [4.78, 5) is 237. The largest absolute Gasteiger partial charge is 0.465 e. The van der Waals surface area contributed by atoms with Gasteiger partial charge in [-0.1, -0.05) is 37.3 Å². The SMILES string of the molecule is CCC(C)(C)C(=O)OCCC[Si](C)(O[SiH](C)O[Si](O[Si](O[SiH2]O)([SiH2]O)[SiH2]O)([Si](O[Si](O[Si](C)(C)c1ccccc1)([SiH2]O)[SiH2]O)([Si](C)(C)O[SiH2]O)[Si](O[SiH2]O)([SiH2]O)[SiH2]O)[Si](O[Si](O[SiH2]O)([SiH2]O)[SiH2]O)([Si](O[SiH2]O)([SiH2]O)[SiH2]O)[Si](O[Si](C)(C)O)([SiH2]O)[SiH2]O)O[Si](C)(C)C. The maximum atomic E-state index is 13.4. The second-order valence-electron chi connectivity index (χ2n) is 24.9. The number of benzene rings is 1. The van der Waals surface area contributed by atoms with Crippen LogP contribution >= 0.6 is 0 Å². The molecule has 5 unspecified atom stereocenters. The first kappa shape index (κ1) is 93.4. The third kappa shape index (κ3) is 22.0. The third-order valence-electron chi connectivity index (χ3n) is 15.5. The first-order valence-corrected chi connectivity index (χ1v) is 110. The molecular formula is C26H108O33Si32.